The molecule has 0 aliphatic carbocycles. The number of amides is 2. The molecule has 0 aromatic carbocycles. The largest absolute Gasteiger partial charge is 0.480 e. The molecule has 0 bridgehead atoms. The number of ether oxygens (including phenoxy) is 2. The fourth-order valence-electron chi connectivity index (χ4n) is 2.23. The van der Waals surface area contributed by atoms with E-state index in [0.29, 0.717) is 18.8 Å². The molecule has 8 nitrogen and oxygen atoms in total. The molecule has 2 atom stereocenters. The summed E-state index contributed by atoms with van der Waals surface area (Å²) in [4.78, 5) is 36.8. The predicted molar refractivity (Wildman–Crippen MR) is 99.2 cm³/mol. The monoisotopic (exact) mass is 390 g/mol. The predicted octanol–water partition coefficient (Wildman–Crippen LogP) is 3.05. The highest BCUT2D eigenvalue weighted by Gasteiger charge is 2.32. The van der Waals surface area contributed by atoms with Crippen LogP contribution in [-0.2, 0) is 14.3 Å². The van der Waals surface area contributed by atoms with Gasteiger partial charge in [0, 0.05) is 11.8 Å². The van der Waals surface area contributed by atoms with Gasteiger partial charge in [0.05, 0.1) is 5.88 Å². The average molecular weight is 391 g/mol. The number of rotatable bonds is 5. The Morgan fingerprint density at radius 3 is 2.23 bits per heavy atom. The maximum Gasteiger partial charge on any atom is 0.411 e. The van der Waals surface area contributed by atoms with E-state index in [1.54, 1.807) is 37.4 Å². The van der Waals surface area contributed by atoms with E-state index in [2.05, 4.69) is 5.32 Å². The fraction of sp³-hybridized carbons (Fsp3) is 0.824. The lowest BCUT2D eigenvalue weighted by molar-refractivity contribution is -0.139. The van der Waals surface area contributed by atoms with Gasteiger partial charge in [-0.25, -0.2) is 14.4 Å². The molecule has 0 saturated carbocycles. The lowest BCUT2D eigenvalue weighted by Crippen LogP contribution is -2.43. The van der Waals surface area contributed by atoms with Crippen molar-refractivity contribution in [2.24, 2.45) is 0 Å². The van der Waals surface area contributed by atoms with Crippen molar-refractivity contribution in [1.29, 1.82) is 0 Å². The van der Waals surface area contributed by atoms with Crippen molar-refractivity contribution in [3.05, 3.63) is 0 Å². The second-order valence-electron chi connectivity index (χ2n) is 8.23. The minimum absolute atomic E-state index is 0.102. The molecule has 2 amide bonds. The van der Waals surface area contributed by atoms with Crippen LogP contribution < -0.4 is 5.32 Å². The van der Waals surface area contributed by atoms with Crippen LogP contribution in [0.2, 0.25) is 0 Å². The molecule has 0 radical (unpaired) electrons. The number of carbonyl (C=O) groups excluding carboxylic acids is 2. The summed E-state index contributed by atoms with van der Waals surface area (Å²) >= 11 is 1.58. The maximum absolute atomic E-state index is 12.1. The standard InChI is InChI=1S/C17H30N2O6S/c1-16(2,3)24-14(22)18-12(13(20)21)8-7-11-9-19(10-26-11)15(23)25-17(4,5)6/h11-12H,7-10H2,1-6H3,(H,18,22)(H,20,21)/t11?,12-/m0/s1. The van der Waals surface area contributed by atoms with Gasteiger partial charge in [-0.1, -0.05) is 0 Å². The Hall–Kier alpha value is -1.64. The van der Waals surface area contributed by atoms with Crippen LogP contribution >= 0.6 is 11.8 Å². The van der Waals surface area contributed by atoms with E-state index >= 15 is 0 Å². The van der Waals surface area contributed by atoms with Gasteiger partial charge >= 0.3 is 18.2 Å². The third-order valence-corrected chi connectivity index (χ3v) is 4.63. The maximum atomic E-state index is 12.1. The van der Waals surface area contributed by atoms with E-state index in [0.717, 1.165) is 0 Å². The van der Waals surface area contributed by atoms with Gasteiger partial charge in [-0.2, -0.15) is 0 Å². The van der Waals surface area contributed by atoms with Gasteiger partial charge < -0.3 is 19.9 Å². The van der Waals surface area contributed by atoms with Crippen LogP contribution in [0.1, 0.15) is 54.4 Å². The van der Waals surface area contributed by atoms with Gasteiger partial charge in [-0.05, 0) is 54.4 Å². The van der Waals surface area contributed by atoms with Gasteiger partial charge in [-0.15, -0.1) is 11.8 Å². The molecule has 1 fully saturated rings. The van der Waals surface area contributed by atoms with Crippen molar-refractivity contribution >= 4 is 29.9 Å². The molecule has 2 N–H and O–H groups in total. The number of hydrogen-bond donors (Lipinski definition) is 2. The summed E-state index contributed by atoms with van der Waals surface area (Å²) in [7, 11) is 0. The van der Waals surface area contributed by atoms with Gasteiger partial charge in [0.15, 0.2) is 0 Å². The smallest absolute Gasteiger partial charge is 0.411 e. The third-order valence-electron chi connectivity index (χ3n) is 3.31. The summed E-state index contributed by atoms with van der Waals surface area (Å²) in [6.07, 6.45) is -0.306. The first-order valence-electron chi connectivity index (χ1n) is 8.59. The number of carboxylic acid groups (broad SMARTS) is 1. The summed E-state index contributed by atoms with van der Waals surface area (Å²) in [6.45, 7) is 11.1. The molecule has 150 valence electrons. The van der Waals surface area contributed by atoms with Crippen LogP contribution in [-0.4, -0.2) is 63.1 Å². The zero-order chi connectivity index (χ0) is 20.1. The van der Waals surface area contributed by atoms with Crippen LogP contribution in [0, 0.1) is 0 Å². The highest BCUT2D eigenvalue weighted by atomic mass is 32.2. The number of carboxylic acids is 1. The molecule has 26 heavy (non-hydrogen) atoms. The van der Waals surface area contributed by atoms with E-state index in [4.69, 9.17) is 9.47 Å². The molecular weight excluding hydrogens is 360 g/mol. The van der Waals surface area contributed by atoms with Gasteiger partial charge in [0.2, 0.25) is 0 Å². The number of nitrogens with zero attached hydrogens (tertiary/aromatic N) is 1. The van der Waals surface area contributed by atoms with Gasteiger partial charge in [0.1, 0.15) is 17.2 Å². The normalized spacial score (nSPS) is 19.0. The number of carbonyl (C=O) groups is 3. The quantitative estimate of drug-likeness (QED) is 0.743. The van der Waals surface area contributed by atoms with Crippen molar-refractivity contribution < 1.29 is 29.0 Å². The highest BCUT2D eigenvalue weighted by Crippen LogP contribution is 2.28. The molecule has 1 saturated heterocycles. The van der Waals surface area contributed by atoms with E-state index in [1.165, 1.54) is 0 Å². The summed E-state index contributed by atoms with van der Waals surface area (Å²) in [6, 6.07) is -1.03. The lowest BCUT2D eigenvalue weighted by Gasteiger charge is -2.24. The number of nitrogens with one attached hydrogen (secondary N) is 1. The second kappa shape index (κ2) is 8.83. The number of thioether (sulfide) groups is 1. The summed E-state index contributed by atoms with van der Waals surface area (Å²) < 4.78 is 10.4. The molecule has 1 aliphatic heterocycles. The highest BCUT2D eigenvalue weighted by molar-refractivity contribution is 8.00. The average Bonchev–Trinajstić information content (AvgIpc) is 2.88. The van der Waals surface area contributed by atoms with E-state index in [1.807, 2.05) is 20.8 Å². The number of aliphatic carboxylic acids is 1. The summed E-state index contributed by atoms with van der Waals surface area (Å²) in [5.41, 5.74) is -1.24. The Balaban J connectivity index is 2.47. The zero-order valence-corrected chi connectivity index (χ0v) is 17.1. The van der Waals surface area contributed by atoms with Crippen molar-refractivity contribution in [3.63, 3.8) is 0 Å². The fourth-order valence-corrected chi connectivity index (χ4v) is 3.42. The Labute approximate surface area is 159 Å². The molecule has 0 aromatic heterocycles. The first kappa shape index (κ1) is 22.4. The molecule has 0 spiro atoms. The Bertz CT molecular complexity index is 526. The van der Waals surface area contributed by atoms with E-state index in [9.17, 15) is 19.5 Å². The zero-order valence-electron chi connectivity index (χ0n) is 16.3. The molecule has 1 aliphatic rings. The lowest BCUT2D eigenvalue weighted by atomic mass is 10.1. The summed E-state index contributed by atoms with van der Waals surface area (Å²) in [5, 5.41) is 11.8. The van der Waals surface area contributed by atoms with E-state index in [-0.39, 0.29) is 17.8 Å². The van der Waals surface area contributed by atoms with Crippen LogP contribution in [0.4, 0.5) is 9.59 Å². The first-order valence-corrected chi connectivity index (χ1v) is 9.63. The molecular formula is C17H30N2O6S. The number of hydrogen-bond acceptors (Lipinski definition) is 6. The molecule has 1 heterocycles. The Kier molecular flexibility index (Phi) is 7.61. The molecule has 1 unspecified atom stereocenters. The van der Waals surface area contributed by atoms with Crippen LogP contribution in [0.25, 0.3) is 0 Å². The van der Waals surface area contributed by atoms with Crippen molar-refractivity contribution in [2.45, 2.75) is 76.9 Å². The van der Waals surface area contributed by atoms with Gasteiger partial charge in [-0.3, -0.25) is 4.90 Å². The van der Waals surface area contributed by atoms with Crippen molar-refractivity contribution in [3.8, 4) is 0 Å². The van der Waals surface area contributed by atoms with Crippen LogP contribution in [0.15, 0.2) is 0 Å². The number of alkyl carbamates (subject to hydrolysis) is 1. The van der Waals surface area contributed by atoms with Crippen molar-refractivity contribution in [1.82, 2.24) is 10.2 Å². The van der Waals surface area contributed by atoms with Crippen LogP contribution in [0.3, 0.4) is 0 Å². The molecule has 9 heteroatoms. The van der Waals surface area contributed by atoms with Crippen LogP contribution in [0.5, 0.6) is 0 Å². The molecule has 1 rings (SSSR count). The first-order chi connectivity index (χ1) is 11.8. The Morgan fingerprint density at radius 1 is 1.15 bits per heavy atom. The minimum atomic E-state index is -1.11. The Morgan fingerprint density at radius 2 is 1.73 bits per heavy atom. The van der Waals surface area contributed by atoms with Crippen molar-refractivity contribution in [2.75, 3.05) is 12.4 Å². The topological polar surface area (TPSA) is 105 Å². The summed E-state index contributed by atoms with van der Waals surface area (Å²) in [5.74, 6) is -0.598. The SMILES string of the molecule is CC(C)(C)OC(=O)N[C@@H](CCC1CN(C(=O)OC(C)(C)C)CS1)C(=O)O. The molecule has 0 aromatic rings. The second-order valence-corrected chi connectivity index (χ2v) is 9.49. The minimum Gasteiger partial charge on any atom is -0.480 e. The van der Waals surface area contributed by atoms with Gasteiger partial charge in [0.25, 0.3) is 0 Å². The van der Waals surface area contributed by atoms with E-state index < -0.39 is 29.3 Å². The third kappa shape index (κ3) is 8.64.